The first kappa shape index (κ1) is 17.5. The van der Waals surface area contributed by atoms with Crippen LogP contribution in [0.3, 0.4) is 0 Å². The normalized spacial score (nSPS) is 17.7. The number of Topliss-reactive ketones (excluding diaryl/α,β-unsaturated/α-hetero) is 1. The van der Waals surface area contributed by atoms with Crippen LogP contribution < -0.4 is 0 Å². The van der Waals surface area contributed by atoms with Crippen LogP contribution in [0.15, 0.2) is 43.5 Å². The van der Waals surface area contributed by atoms with Crippen molar-refractivity contribution in [2.75, 3.05) is 13.1 Å². The fourth-order valence-corrected chi connectivity index (χ4v) is 3.15. The molecule has 23 heavy (non-hydrogen) atoms. The highest BCUT2D eigenvalue weighted by Crippen LogP contribution is 2.31. The summed E-state index contributed by atoms with van der Waals surface area (Å²) in [5.41, 5.74) is 1.16. The second kappa shape index (κ2) is 7.13. The molecule has 1 aromatic carbocycles. The molecule has 0 fully saturated rings. The Balaban J connectivity index is 2.33. The Morgan fingerprint density at radius 3 is 2.48 bits per heavy atom. The number of rotatable bonds is 6. The number of carbonyl (C=O) groups excluding carboxylic acids is 1. The van der Waals surface area contributed by atoms with Gasteiger partial charge in [0.25, 0.3) is 5.78 Å². The zero-order valence-electron chi connectivity index (χ0n) is 12.9. The van der Waals surface area contributed by atoms with Gasteiger partial charge in [-0.2, -0.15) is 13.2 Å². The van der Waals surface area contributed by atoms with Crippen LogP contribution in [0.5, 0.6) is 0 Å². The van der Waals surface area contributed by atoms with E-state index in [0.717, 1.165) is 12.0 Å². The fourth-order valence-electron chi connectivity index (χ4n) is 3.15. The van der Waals surface area contributed by atoms with Gasteiger partial charge in [-0.05, 0) is 30.4 Å². The summed E-state index contributed by atoms with van der Waals surface area (Å²) in [6, 6.07) is 4.70. The summed E-state index contributed by atoms with van der Waals surface area (Å²) in [4.78, 5) is 13.8. The van der Waals surface area contributed by atoms with Gasteiger partial charge >= 0.3 is 6.18 Å². The maximum atomic E-state index is 12.8. The first-order chi connectivity index (χ1) is 10.9. The highest BCUT2D eigenvalue weighted by Gasteiger charge is 2.41. The van der Waals surface area contributed by atoms with Crippen molar-refractivity contribution in [3.63, 3.8) is 0 Å². The molecule has 0 aliphatic heterocycles. The smallest absolute Gasteiger partial charge is 0.293 e. The molecule has 0 amide bonds. The van der Waals surface area contributed by atoms with Gasteiger partial charge in [0.2, 0.25) is 0 Å². The van der Waals surface area contributed by atoms with Crippen molar-refractivity contribution >= 4 is 5.78 Å². The lowest BCUT2D eigenvalue weighted by Crippen LogP contribution is -2.40. The van der Waals surface area contributed by atoms with Crippen LogP contribution in [0.2, 0.25) is 0 Å². The van der Waals surface area contributed by atoms with E-state index < -0.39 is 12.0 Å². The number of hydrogen-bond acceptors (Lipinski definition) is 2. The molecule has 1 atom stereocenters. The zero-order chi connectivity index (χ0) is 17.0. The number of fused-ring (bicyclic) bond motifs is 1. The van der Waals surface area contributed by atoms with Crippen LogP contribution in [-0.2, 0) is 12.8 Å². The summed E-state index contributed by atoms with van der Waals surface area (Å²) in [6.45, 7) is 8.72. The molecule has 1 unspecified atom stereocenters. The lowest BCUT2D eigenvalue weighted by molar-refractivity contribution is -0.0886. The molecular formula is C18H20F3NO. The summed E-state index contributed by atoms with van der Waals surface area (Å²) in [5, 5.41) is 0. The van der Waals surface area contributed by atoms with Gasteiger partial charge in [-0.15, -0.1) is 13.2 Å². The van der Waals surface area contributed by atoms with E-state index in [4.69, 9.17) is 0 Å². The number of carbonyl (C=O) groups is 1. The summed E-state index contributed by atoms with van der Waals surface area (Å²) >= 11 is 0. The quantitative estimate of drug-likeness (QED) is 0.583. The van der Waals surface area contributed by atoms with Crippen LogP contribution in [0.4, 0.5) is 13.2 Å². The van der Waals surface area contributed by atoms with E-state index in [9.17, 15) is 18.0 Å². The molecule has 1 aliphatic carbocycles. The molecule has 1 aromatic rings. The minimum absolute atomic E-state index is 0.0840. The second-order valence-electron chi connectivity index (χ2n) is 5.70. The lowest BCUT2D eigenvalue weighted by Gasteiger charge is -2.34. The first-order valence-electron chi connectivity index (χ1n) is 7.56. The Labute approximate surface area is 134 Å². The third-order valence-electron chi connectivity index (χ3n) is 4.21. The van der Waals surface area contributed by atoms with Gasteiger partial charge in [-0.1, -0.05) is 30.4 Å². The highest BCUT2D eigenvalue weighted by molar-refractivity contribution is 6.01. The van der Waals surface area contributed by atoms with Crippen molar-refractivity contribution in [3.05, 3.63) is 60.2 Å². The number of hydrogen-bond donors (Lipinski definition) is 0. The average Bonchev–Trinajstić information content (AvgIpc) is 2.52. The van der Waals surface area contributed by atoms with E-state index in [0.29, 0.717) is 31.5 Å². The predicted molar refractivity (Wildman–Crippen MR) is 84.6 cm³/mol. The maximum Gasteiger partial charge on any atom is 0.454 e. The number of ketones is 1. The maximum absolute atomic E-state index is 12.8. The van der Waals surface area contributed by atoms with Crippen molar-refractivity contribution < 1.29 is 18.0 Å². The third-order valence-corrected chi connectivity index (χ3v) is 4.21. The molecule has 1 aliphatic rings. The van der Waals surface area contributed by atoms with Gasteiger partial charge in [0.05, 0.1) is 0 Å². The number of halogens is 3. The van der Waals surface area contributed by atoms with E-state index in [2.05, 4.69) is 18.1 Å². The molecule has 5 heteroatoms. The van der Waals surface area contributed by atoms with Gasteiger partial charge in [0.1, 0.15) is 0 Å². The Bertz CT molecular complexity index is 597. The fraction of sp³-hybridized carbons (Fsp3) is 0.389. The molecule has 0 bridgehead atoms. The van der Waals surface area contributed by atoms with E-state index in [1.165, 1.54) is 12.1 Å². The van der Waals surface area contributed by atoms with Crippen LogP contribution >= 0.6 is 0 Å². The first-order valence-corrected chi connectivity index (χ1v) is 7.56. The molecule has 0 saturated carbocycles. The van der Waals surface area contributed by atoms with E-state index in [-0.39, 0.29) is 11.6 Å². The Kier molecular flexibility index (Phi) is 5.42. The molecule has 0 heterocycles. The van der Waals surface area contributed by atoms with E-state index in [1.807, 2.05) is 6.07 Å². The zero-order valence-corrected chi connectivity index (χ0v) is 12.9. The minimum atomic E-state index is -4.84. The average molecular weight is 323 g/mol. The van der Waals surface area contributed by atoms with Crippen LogP contribution in [0.25, 0.3) is 0 Å². The van der Waals surface area contributed by atoms with Gasteiger partial charge in [0, 0.05) is 24.7 Å². The molecule has 0 saturated heterocycles. The van der Waals surface area contributed by atoms with Gasteiger partial charge in [-0.25, -0.2) is 0 Å². The molecule has 0 radical (unpaired) electrons. The van der Waals surface area contributed by atoms with Crippen LogP contribution in [-0.4, -0.2) is 36.0 Å². The summed E-state index contributed by atoms with van der Waals surface area (Å²) < 4.78 is 38.4. The van der Waals surface area contributed by atoms with Crippen molar-refractivity contribution in [1.82, 2.24) is 4.90 Å². The SMILES string of the molecule is C=CCN(CC=C)C1CCc2cccc(C(=O)C(F)(F)F)c2C1. The number of benzene rings is 1. The Morgan fingerprint density at radius 1 is 1.26 bits per heavy atom. The van der Waals surface area contributed by atoms with Crippen LogP contribution in [0.1, 0.15) is 27.9 Å². The van der Waals surface area contributed by atoms with Gasteiger partial charge in [-0.3, -0.25) is 9.69 Å². The van der Waals surface area contributed by atoms with Crippen LogP contribution in [0, 0.1) is 0 Å². The topological polar surface area (TPSA) is 20.3 Å². The Morgan fingerprint density at radius 2 is 1.91 bits per heavy atom. The number of nitrogens with zero attached hydrogens (tertiary/aromatic N) is 1. The third kappa shape index (κ3) is 3.91. The molecule has 0 N–H and O–H groups in total. The molecular weight excluding hydrogens is 303 g/mol. The predicted octanol–water partition coefficient (Wildman–Crippen LogP) is 3.96. The second-order valence-corrected chi connectivity index (χ2v) is 5.70. The standard InChI is InChI=1S/C18H20F3NO/c1-3-10-22(11-4-2)14-9-8-13-6-5-7-15(16(13)12-14)17(23)18(19,20)21/h3-7,14H,1-2,8-12H2. The van der Waals surface area contributed by atoms with Crippen molar-refractivity contribution in [2.24, 2.45) is 0 Å². The van der Waals surface area contributed by atoms with Crippen molar-refractivity contribution in [3.8, 4) is 0 Å². The summed E-state index contributed by atoms with van der Waals surface area (Å²) in [6.07, 6.45) is 0.651. The van der Waals surface area contributed by atoms with Crippen molar-refractivity contribution in [1.29, 1.82) is 0 Å². The largest absolute Gasteiger partial charge is 0.454 e. The van der Waals surface area contributed by atoms with Crippen molar-refractivity contribution in [2.45, 2.75) is 31.5 Å². The van der Waals surface area contributed by atoms with Gasteiger partial charge in [0.15, 0.2) is 0 Å². The van der Waals surface area contributed by atoms with E-state index >= 15 is 0 Å². The van der Waals surface area contributed by atoms with Gasteiger partial charge < -0.3 is 0 Å². The van der Waals surface area contributed by atoms with E-state index in [1.54, 1.807) is 12.2 Å². The number of alkyl halides is 3. The summed E-state index contributed by atoms with van der Waals surface area (Å²) in [5.74, 6) is -1.76. The Hall–Kier alpha value is -1.88. The molecule has 2 nitrogen and oxygen atoms in total. The molecule has 0 spiro atoms. The molecule has 0 aromatic heterocycles. The minimum Gasteiger partial charge on any atom is -0.293 e. The monoisotopic (exact) mass is 323 g/mol. The lowest BCUT2D eigenvalue weighted by atomic mass is 9.83. The highest BCUT2D eigenvalue weighted by atomic mass is 19.4. The molecule has 124 valence electrons. The number of aryl methyl sites for hydroxylation is 1. The summed E-state index contributed by atoms with van der Waals surface area (Å²) in [7, 11) is 0. The molecule has 2 rings (SSSR count).